The maximum absolute atomic E-state index is 12.6. The van der Waals surface area contributed by atoms with Gasteiger partial charge in [-0.3, -0.25) is 4.79 Å². The van der Waals surface area contributed by atoms with E-state index in [1.807, 2.05) is 61.5 Å². The van der Waals surface area contributed by atoms with E-state index in [9.17, 15) is 4.79 Å². The van der Waals surface area contributed by atoms with Crippen molar-refractivity contribution in [3.8, 4) is 11.5 Å². The molecule has 0 aliphatic heterocycles. The Labute approximate surface area is 177 Å². The maximum Gasteiger partial charge on any atom is 0.255 e. The van der Waals surface area contributed by atoms with Crippen LogP contribution in [0.5, 0.6) is 11.5 Å². The van der Waals surface area contributed by atoms with Crippen LogP contribution in [0.4, 0.5) is 5.69 Å². The molecule has 0 unspecified atom stereocenters. The first-order valence-electron chi connectivity index (χ1n) is 10.1. The number of carbonyl (C=O) groups is 1. The predicted octanol–water partition coefficient (Wildman–Crippen LogP) is 4.98. The summed E-state index contributed by atoms with van der Waals surface area (Å²) in [6.07, 6.45) is 0.816. The molecule has 0 aliphatic carbocycles. The minimum Gasteiger partial charge on any atom is -0.493 e. The zero-order valence-electron chi connectivity index (χ0n) is 17.2. The Morgan fingerprint density at radius 3 is 2.33 bits per heavy atom. The van der Waals surface area contributed by atoms with Crippen LogP contribution in [0.3, 0.4) is 0 Å². The maximum atomic E-state index is 12.6. The van der Waals surface area contributed by atoms with Gasteiger partial charge in [-0.05, 0) is 55.0 Å². The van der Waals surface area contributed by atoms with Crippen LogP contribution < -0.4 is 14.8 Å². The van der Waals surface area contributed by atoms with Crippen molar-refractivity contribution in [1.29, 1.82) is 0 Å². The van der Waals surface area contributed by atoms with Crippen LogP contribution >= 0.6 is 0 Å². The van der Waals surface area contributed by atoms with E-state index in [2.05, 4.69) is 17.4 Å². The van der Waals surface area contributed by atoms with E-state index in [1.165, 1.54) is 5.56 Å². The lowest BCUT2D eigenvalue weighted by molar-refractivity contribution is 0.102. The Kier molecular flexibility index (Phi) is 8.30. The van der Waals surface area contributed by atoms with Gasteiger partial charge in [0.25, 0.3) is 5.91 Å². The highest BCUT2D eigenvalue weighted by Crippen LogP contribution is 2.18. The third-order valence-corrected chi connectivity index (χ3v) is 4.41. The van der Waals surface area contributed by atoms with Gasteiger partial charge in [0.1, 0.15) is 18.1 Å². The third kappa shape index (κ3) is 6.94. The molecule has 0 heterocycles. The highest BCUT2D eigenvalue weighted by atomic mass is 16.5. The number of anilines is 1. The number of hydrogen-bond donors (Lipinski definition) is 1. The Balaban J connectivity index is 1.49. The molecule has 30 heavy (non-hydrogen) atoms. The first-order chi connectivity index (χ1) is 14.7. The second kappa shape index (κ2) is 11.6. The van der Waals surface area contributed by atoms with E-state index < -0.39 is 0 Å². The van der Waals surface area contributed by atoms with E-state index in [0.29, 0.717) is 43.4 Å². The van der Waals surface area contributed by atoms with Crippen molar-refractivity contribution >= 4 is 11.6 Å². The van der Waals surface area contributed by atoms with Crippen molar-refractivity contribution in [2.75, 3.05) is 31.7 Å². The monoisotopic (exact) mass is 405 g/mol. The zero-order valence-corrected chi connectivity index (χ0v) is 17.2. The van der Waals surface area contributed by atoms with Gasteiger partial charge in [-0.1, -0.05) is 36.4 Å². The molecular formula is C25H27NO4. The average molecular weight is 405 g/mol. The Bertz CT molecular complexity index is 910. The lowest BCUT2D eigenvalue weighted by atomic mass is 10.1. The molecule has 0 fully saturated rings. The molecule has 0 aliphatic rings. The number of rotatable bonds is 11. The number of benzene rings is 3. The smallest absolute Gasteiger partial charge is 0.255 e. The summed E-state index contributed by atoms with van der Waals surface area (Å²) in [6.45, 7) is 4.23. The van der Waals surface area contributed by atoms with Gasteiger partial charge >= 0.3 is 0 Å². The second-order valence-electron chi connectivity index (χ2n) is 6.64. The lowest BCUT2D eigenvalue weighted by Gasteiger charge is -2.10. The van der Waals surface area contributed by atoms with Crippen LogP contribution in [0, 0.1) is 0 Å². The fourth-order valence-electron chi connectivity index (χ4n) is 2.86. The topological polar surface area (TPSA) is 56.8 Å². The summed E-state index contributed by atoms with van der Waals surface area (Å²) in [5.74, 6) is 1.23. The van der Waals surface area contributed by atoms with E-state index in [1.54, 1.807) is 12.1 Å². The molecular weight excluding hydrogens is 378 g/mol. The number of nitrogens with one attached hydrogen (secondary N) is 1. The SMILES string of the molecule is CCOCCOc1ccc(NC(=O)c2cccc(OCCc3ccccc3)c2)cc1. The van der Waals surface area contributed by atoms with Crippen LogP contribution in [-0.2, 0) is 11.2 Å². The Morgan fingerprint density at radius 1 is 0.800 bits per heavy atom. The minimum atomic E-state index is -0.187. The van der Waals surface area contributed by atoms with Crippen molar-refractivity contribution in [2.24, 2.45) is 0 Å². The molecule has 156 valence electrons. The van der Waals surface area contributed by atoms with Crippen molar-refractivity contribution < 1.29 is 19.0 Å². The molecule has 3 aromatic rings. The van der Waals surface area contributed by atoms with Crippen LogP contribution in [0.2, 0.25) is 0 Å². The molecule has 0 bridgehead atoms. The first-order valence-corrected chi connectivity index (χ1v) is 10.1. The number of carbonyl (C=O) groups excluding carboxylic acids is 1. The van der Waals surface area contributed by atoms with Crippen molar-refractivity contribution in [1.82, 2.24) is 0 Å². The molecule has 0 aromatic heterocycles. The summed E-state index contributed by atoms with van der Waals surface area (Å²) in [7, 11) is 0. The normalized spacial score (nSPS) is 10.4. The van der Waals surface area contributed by atoms with Gasteiger partial charge in [-0.15, -0.1) is 0 Å². The van der Waals surface area contributed by atoms with Gasteiger partial charge in [0.2, 0.25) is 0 Å². The average Bonchev–Trinajstić information content (AvgIpc) is 2.79. The number of amides is 1. The standard InChI is InChI=1S/C25H27NO4/c1-2-28-17-18-30-23-13-11-22(12-14-23)26-25(27)21-9-6-10-24(19-21)29-16-15-20-7-4-3-5-8-20/h3-14,19H,2,15-18H2,1H3,(H,26,27). The quantitative estimate of drug-likeness (QED) is 0.457. The van der Waals surface area contributed by atoms with E-state index in [4.69, 9.17) is 14.2 Å². The van der Waals surface area contributed by atoms with Gasteiger partial charge in [0, 0.05) is 24.3 Å². The highest BCUT2D eigenvalue weighted by molar-refractivity contribution is 6.04. The van der Waals surface area contributed by atoms with Gasteiger partial charge in [0.15, 0.2) is 0 Å². The van der Waals surface area contributed by atoms with E-state index in [0.717, 1.165) is 12.2 Å². The Hall–Kier alpha value is -3.31. The second-order valence-corrected chi connectivity index (χ2v) is 6.64. The molecule has 3 aromatic carbocycles. The van der Waals surface area contributed by atoms with Gasteiger partial charge < -0.3 is 19.5 Å². The fourth-order valence-corrected chi connectivity index (χ4v) is 2.86. The summed E-state index contributed by atoms with van der Waals surface area (Å²) in [4.78, 5) is 12.6. The summed E-state index contributed by atoms with van der Waals surface area (Å²) in [5, 5.41) is 2.90. The third-order valence-electron chi connectivity index (χ3n) is 4.41. The molecule has 1 amide bonds. The summed E-state index contributed by atoms with van der Waals surface area (Å²) in [5.41, 5.74) is 2.47. The Morgan fingerprint density at radius 2 is 1.57 bits per heavy atom. The summed E-state index contributed by atoms with van der Waals surface area (Å²) >= 11 is 0. The van der Waals surface area contributed by atoms with Crippen molar-refractivity contribution in [2.45, 2.75) is 13.3 Å². The van der Waals surface area contributed by atoms with Crippen LogP contribution in [0.15, 0.2) is 78.9 Å². The number of hydrogen-bond acceptors (Lipinski definition) is 4. The zero-order chi connectivity index (χ0) is 21.0. The van der Waals surface area contributed by atoms with Crippen molar-refractivity contribution in [3.63, 3.8) is 0 Å². The number of ether oxygens (including phenoxy) is 3. The molecule has 0 atom stereocenters. The molecule has 1 N–H and O–H groups in total. The van der Waals surface area contributed by atoms with Crippen LogP contribution in [0.1, 0.15) is 22.8 Å². The van der Waals surface area contributed by atoms with Crippen molar-refractivity contribution in [3.05, 3.63) is 90.0 Å². The van der Waals surface area contributed by atoms with Crippen LogP contribution in [0.25, 0.3) is 0 Å². The van der Waals surface area contributed by atoms with Gasteiger partial charge in [-0.25, -0.2) is 0 Å². The molecule has 5 heteroatoms. The summed E-state index contributed by atoms with van der Waals surface area (Å²) < 4.78 is 16.6. The molecule has 0 saturated heterocycles. The molecule has 5 nitrogen and oxygen atoms in total. The highest BCUT2D eigenvalue weighted by Gasteiger charge is 2.08. The fraction of sp³-hybridized carbons (Fsp3) is 0.240. The molecule has 0 radical (unpaired) electrons. The molecule has 0 saturated carbocycles. The first kappa shape index (κ1) is 21.4. The van der Waals surface area contributed by atoms with E-state index >= 15 is 0 Å². The summed E-state index contributed by atoms with van der Waals surface area (Å²) in [6, 6.07) is 24.6. The van der Waals surface area contributed by atoms with Gasteiger partial charge in [-0.2, -0.15) is 0 Å². The minimum absolute atomic E-state index is 0.187. The largest absolute Gasteiger partial charge is 0.493 e. The van der Waals surface area contributed by atoms with Crippen LogP contribution in [-0.4, -0.2) is 32.3 Å². The lowest BCUT2D eigenvalue weighted by Crippen LogP contribution is -2.12. The van der Waals surface area contributed by atoms with Gasteiger partial charge in [0.05, 0.1) is 13.2 Å². The predicted molar refractivity (Wildman–Crippen MR) is 118 cm³/mol. The molecule has 0 spiro atoms. The van der Waals surface area contributed by atoms with E-state index in [-0.39, 0.29) is 5.91 Å². The molecule has 3 rings (SSSR count).